The monoisotopic (exact) mass is 277 g/mol. The minimum atomic E-state index is 0.122. The first-order chi connectivity index (χ1) is 9.70. The van der Waals surface area contributed by atoms with E-state index in [0.29, 0.717) is 6.42 Å². The molecule has 0 amide bonds. The molecule has 1 saturated heterocycles. The number of rotatable bonds is 4. The summed E-state index contributed by atoms with van der Waals surface area (Å²) in [7, 11) is 0. The van der Waals surface area contributed by atoms with Gasteiger partial charge in [-0.2, -0.15) is 0 Å². The third kappa shape index (κ3) is 3.95. The van der Waals surface area contributed by atoms with Gasteiger partial charge >= 0.3 is 0 Å². The molecule has 1 aromatic rings. The van der Waals surface area contributed by atoms with E-state index >= 15 is 0 Å². The zero-order chi connectivity index (χ0) is 14.4. The fourth-order valence-corrected chi connectivity index (χ4v) is 2.68. The summed E-state index contributed by atoms with van der Waals surface area (Å²) >= 11 is 0. The lowest BCUT2D eigenvalue weighted by molar-refractivity contribution is 0.0609. The number of hydrogen-bond donors (Lipinski definition) is 2. The Morgan fingerprint density at radius 3 is 2.95 bits per heavy atom. The van der Waals surface area contributed by atoms with Crippen LogP contribution in [0.15, 0.2) is 35.5 Å². The molecule has 2 atom stereocenters. The third-order valence-corrected chi connectivity index (χ3v) is 3.64. The first kappa shape index (κ1) is 14.8. The number of nitrogens with zero attached hydrogens (tertiary/aromatic N) is 2. The molecular formula is C15H23N3O2. The lowest BCUT2D eigenvalue weighted by Crippen LogP contribution is -2.36. The average molecular weight is 277 g/mol. The minimum absolute atomic E-state index is 0.122. The summed E-state index contributed by atoms with van der Waals surface area (Å²) in [4.78, 5) is 2.37. The molecule has 5 heteroatoms. The molecule has 0 aliphatic carbocycles. The van der Waals surface area contributed by atoms with Crippen LogP contribution >= 0.6 is 0 Å². The summed E-state index contributed by atoms with van der Waals surface area (Å²) in [6.07, 6.45) is 1.73. The molecule has 1 aliphatic rings. The van der Waals surface area contributed by atoms with Gasteiger partial charge in [0, 0.05) is 32.2 Å². The molecule has 0 radical (unpaired) electrons. The summed E-state index contributed by atoms with van der Waals surface area (Å²) in [5, 5.41) is 12.0. The van der Waals surface area contributed by atoms with Crippen LogP contribution in [0.5, 0.6) is 0 Å². The normalized spacial score (nSPS) is 23.2. The standard InChI is InChI=1S/C15H23N3O2/c1-12-11-18(8-5-9-20-12)14(10-15(16)17-19)13-6-3-2-4-7-13/h2-4,6-7,12,14,19H,5,8-11H2,1H3,(H2,16,17). The predicted molar refractivity (Wildman–Crippen MR) is 78.8 cm³/mol. The quantitative estimate of drug-likeness (QED) is 0.382. The molecule has 20 heavy (non-hydrogen) atoms. The van der Waals surface area contributed by atoms with E-state index in [9.17, 15) is 0 Å². The molecule has 1 heterocycles. The van der Waals surface area contributed by atoms with Crippen molar-refractivity contribution in [2.75, 3.05) is 19.7 Å². The van der Waals surface area contributed by atoms with Gasteiger partial charge in [0.05, 0.1) is 6.10 Å². The summed E-state index contributed by atoms with van der Waals surface area (Å²) < 4.78 is 5.70. The largest absolute Gasteiger partial charge is 0.409 e. The van der Waals surface area contributed by atoms with Gasteiger partial charge in [0.15, 0.2) is 0 Å². The van der Waals surface area contributed by atoms with E-state index in [1.807, 2.05) is 18.2 Å². The van der Waals surface area contributed by atoms with Crippen LogP contribution in [0.3, 0.4) is 0 Å². The second-order valence-corrected chi connectivity index (χ2v) is 5.25. The highest BCUT2D eigenvalue weighted by Gasteiger charge is 2.25. The van der Waals surface area contributed by atoms with Crippen molar-refractivity contribution in [1.82, 2.24) is 4.90 Å². The van der Waals surface area contributed by atoms with Crippen LogP contribution in [0, 0.1) is 0 Å². The number of nitrogens with two attached hydrogens (primary N) is 1. The van der Waals surface area contributed by atoms with E-state index < -0.39 is 0 Å². The first-order valence-corrected chi connectivity index (χ1v) is 7.07. The molecule has 1 aromatic carbocycles. The topological polar surface area (TPSA) is 71.1 Å². The predicted octanol–water partition coefficient (Wildman–Crippen LogP) is 1.98. The Labute approximate surface area is 120 Å². The molecular weight excluding hydrogens is 254 g/mol. The van der Waals surface area contributed by atoms with Crippen molar-refractivity contribution in [3.63, 3.8) is 0 Å². The molecule has 2 unspecified atom stereocenters. The number of oxime groups is 1. The lowest BCUT2D eigenvalue weighted by atomic mass is 10.0. The van der Waals surface area contributed by atoms with E-state index in [4.69, 9.17) is 15.7 Å². The van der Waals surface area contributed by atoms with Crippen LogP contribution in [-0.2, 0) is 4.74 Å². The van der Waals surface area contributed by atoms with E-state index in [1.54, 1.807) is 0 Å². The SMILES string of the molecule is CC1CN(C(CC(N)=NO)c2ccccc2)CCCO1. The number of amidine groups is 1. The first-order valence-electron chi connectivity index (χ1n) is 7.07. The number of hydrogen-bond acceptors (Lipinski definition) is 4. The molecule has 3 N–H and O–H groups in total. The summed E-state index contributed by atoms with van der Waals surface area (Å²) in [5.41, 5.74) is 6.92. The Kier molecular flexibility index (Phi) is 5.38. The highest BCUT2D eigenvalue weighted by atomic mass is 16.5. The molecule has 0 aromatic heterocycles. The van der Waals surface area contributed by atoms with Crippen molar-refractivity contribution in [3.05, 3.63) is 35.9 Å². The average Bonchev–Trinajstić information content (AvgIpc) is 2.70. The van der Waals surface area contributed by atoms with Gasteiger partial charge in [0.25, 0.3) is 0 Å². The van der Waals surface area contributed by atoms with E-state index in [2.05, 4.69) is 29.1 Å². The Morgan fingerprint density at radius 1 is 1.50 bits per heavy atom. The second-order valence-electron chi connectivity index (χ2n) is 5.25. The highest BCUT2D eigenvalue weighted by molar-refractivity contribution is 5.80. The molecule has 110 valence electrons. The van der Waals surface area contributed by atoms with Gasteiger partial charge < -0.3 is 15.7 Å². The van der Waals surface area contributed by atoms with Crippen molar-refractivity contribution in [2.24, 2.45) is 10.9 Å². The molecule has 1 fully saturated rings. The van der Waals surface area contributed by atoms with E-state index in [0.717, 1.165) is 26.1 Å². The molecule has 0 saturated carbocycles. The van der Waals surface area contributed by atoms with Gasteiger partial charge in [-0.15, -0.1) is 0 Å². The third-order valence-electron chi connectivity index (χ3n) is 3.64. The summed E-state index contributed by atoms with van der Waals surface area (Å²) in [6, 6.07) is 10.3. The molecule has 2 rings (SSSR count). The van der Waals surface area contributed by atoms with E-state index in [1.165, 1.54) is 5.56 Å². The maximum Gasteiger partial charge on any atom is 0.141 e. The smallest absolute Gasteiger partial charge is 0.141 e. The van der Waals surface area contributed by atoms with Crippen molar-refractivity contribution in [1.29, 1.82) is 0 Å². The van der Waals surface area contributed by atoms with Crippen LogP contribution in [0.1, 0.15) is 31.4 Å². The Hall–Kier alpha value is -1.59. The molecule has 0 bridgehead atoms. The van der Waals surface area contributed by atoms with Gasteiger partial charge in [-0.05, 0) is 18.9 Å². The second kappa shape index (κ2) is 7.26. The van der Waals surface area contributed by atoms with Crippen molar-refractivity contribution < 1.29 is 9.94 Å². The van der Waals surface area contributed by atoms with Crippen molar-refractivity contribution >= 4 is 5.84 Å². The van der Waals surface area contributed by atoms with E-state index in [-0.39, 0.29) is 18.0 Å². The van der Waals surface area contributed by atoms with Gasteiger partial charge in [0.2, 0.25) is 0 Å². The number of benzene rings is 1. The zero-order valence-corrected chi connectivity index (χ0v) is 11.9. The van der Waals surface area contributed by atoms with Crippen LogP contribution in [0.25, 0.3) is 0 Å². The van der Waals surface area contributed by atoms with Crippen molar-refractivity contribution in [3.8, 4) is 0 Å². The maximum absolute atomic E-state index is 8.86. The maximum atomic E-state index is 8.86. The number of ether oxygens (including phenoxy) is 1. The van der Waals surface area contributed by atoms with Crippen LogP contribution in [-0.4, -0.2) is 41.7 Å². The fraction of sp³-hybridized carbons (Fsp3) is 0.533. The highest BCUT2D eigenvalue weighted by Crippen LogP contribution is 2.26. The Balaban J connectivity index is 2.21. The molecule has 1 aliphatic heterocycles. The van der Waals surface area contributed by atoms with Gasteiger partial charge in [-0.3, -0.25) is 4.90 Å². The van der Waals surface area contributed by atoms with Crippen LogP contribution in [0.2, 0.25) is 0 Å². The molecule has 0 spiro atoms. The Morgan fingerprint density at radius 2 is 2.25 bits per heavy atom. The van der Waals surface area contributed by atoms with Crippen LogP contribution in [0.4, 0.5) is 0 Å². The van der Waals surface area contributed by atoms with Crippen LogP contribution < -0.4 is 5.73 Å². The van der Waals surface area contributed by atoms with Crippen molar-refractivity contribution in [2.45, 2.75) is 31.9 Å². The lowest BCUT2D eigenvalue weighted by Gasteiger charge is -2.31. The zero-order valence-electron chi connectivity index (χ0n) is 11.9. The van der Waals surface area contributed by atoms with Gasteiger partial charge in [-0.25, -0.2) is 0 Å². The summed E-state index contributed by atoms with van der Waals surface area (Å²) in [5.74, 6) is 0.261. The fourth-order valence-electron chi connectivity index (χ4n) is 2.68. The minimum Gasteiger partial charge on any atom is -0.409 e. The summed E-state index contributed by atoms with van der Waals surface area (Å²) in [6.45, 7) is 4.70. The Bertz CT molecular complexity index is 436. The van der Waals surface area contributed by atoms with Gasteiger partial charge in [-0.1, -0.05) is 35.5 Å². The molecule has 5 nitrogen and oxygen atoms in total. The van der Waals surface area contributed by atoms with Gasteiger partial charge in [0.1, 0.15) is 5.84 Å².